The topological polar surface area (TPSA) is 18.5 Å². The lowest BCUT2D eigenvalue weighted by Gasteiger charge is -2.42. The molecule has 2 heteroatoms. The van der Waals surface area contributed by atoms with E-state index in [0.29, 0.717) is 0 Å². The molecule has 1 unspecified atom stereocenters. The van der Waals surface area contributed by atoms with Gasteiger partial charge in [0.05, 0.1) is 0 Å². The summed E-state index contributed by atoms with van der Waals surface area (Å²) >= 11 is 0. The highest BCUT2D eigenvalue weighted by atomic mass is 16.5. The molecule has 2 aromatic carbocycles. The van der Waals surface area contributed by atoms with E-state index in [-0.39, 0.29) is 5.41 Å². The number of hydrogen-bond acceptors (Lipinski definition) is 2. The van der Waals surface area contributed by atoms with E-state index in [2.05, 4.69) is 75.4 Å². The van der Waals surface area contributed by atoms with Gasteiger partial charge in [0.2, 0.25) is 0 Å². The Morgan fingerprint density at radius 2 is 1.62 bits per heavy atom. The van der Waals surface area contributed by atoms with Crippen LogP contribution >= 0.6 is 0 Å². The minimum atomic E-state index is -0.578. The molecule has 0 radical (unpaired) electrons. The maximum atomic E-state index is 6.52. The first kappa shape index (κ1) is 17.1. The van der Waals surface area contributed by atoms with Crippen molar-refractivity contribution >= 4 is 5.76 Å². The van der Waals surface area contributed by atoms with Crippen molar-refractivity contribution in [1.29, 1.82) is 0 Å². The van der Waals surface area contributed by atoms with Gasteiger partial charge in [0, 0.05) is 23.7 Å². The molecule has 0 fully saturated rings. The van der Waals surface area contributed by atoms with Crippen LogP contribution in [0.15, 0.2) is 72.0 Å². The van der Waals surface area contributed by atoms with E-state index in [1.165, 1.54) is 16.7 Å². The van der Waals surface area contributed by atoms with Gasteiger partial charge in [-0.15, -0.1) is 0 Å². The number of hydrogen-bond donors (Lipinski definition) is 0. The fourth-order valence-electron chi connectivity index (χ4n) is 3.99. The van der Waals surface area contributed by atoms with Gasteiger partial charge in [-0.25, -0.2) is 0 Å². The minimum absolute atomic E-state index is 0.108. The van der Waals surface area contributed by atoms with Gasteiger partial charge in [-0.2, -0.15) is 0 Å². The van der Waals surface area contributed by atoms with Gasteiger partial charge < -0.3 is 9.47 Å². The first-order valence-electron chi connectivity index (χ1n) is 9.29. The van der Waals surface area contributed by atoms with E-state index in [9.17, 15) is 0 Å². The Morgan fingerprint density at radius 3 is 2.31 bits per heavy atom. The third-order valence-corrected chi connectivity index (χ3v) is 5.44. The number of benzene rings is 2. The Kier molecular flexibility index (Phi) is 4.04. The number of rotatable bonds is 2. The highest BCUT2D eigenvalue weighted by molar-refractivity contribution is 5.73. The molecule has 2 aromatic rings. The summed E-state index contributed by atoms with van der Waals surface area (Å²) in [6.07, 6.45) is 4.13. The normalized spacial score (nSPS) is 22.2. The second-order valence-electron chi connectivity index (χ2n) is 8.13. The Morgan fingerprint density at radius 1 is 0.923 bits per heavy atom. The van der Waals surface area contributed by atoms with E-state index >= 15 is 0 Å². The molecule has 1 aliphatic heterocycles. The maximum Gasteiger partial charge on any atom is 0.139 e. The van der Waals surface area contributed by atoms with Crippen LogP contribution in [0.1, 0.15) is 43.9 Å². The van der Waals surface area contributed by atoms with Gasteiger partial charge in [0.1, 0.15) is 17.1 Å². The van der Waals surface area contributed by atoms with E-state index in [1.807, 2.05) is 6.07 Å². The highest BCUT2D eigenvalue weighted by Gasteiger charge is 2.44. The highest BCUT2D eigenvalue weighted by Crippen LogP contribution is 2.51. The lowest BCUT2D eigenvalue weighted by atomic mass is 9.74. The summed E-state index contributed by atoms with van der Waals surface area (Å²) < 4.78 is 12.8. The Balaban J connectivity index is 1.99. The predicted octanol–water partition coefficient (Wildman–Crippen LogP) is 5.85. The number of allylic oxidation sites excluding steroid dienone is 1. The summed E-state index contributed by atoms with van der Waals surface area (Å²) in [6, 6.07) is 19.1. The van der Waals surface area contributed by atoms with E-state index in [1.54, 1.807) is 7.11 Å². The molecular weight excluding hydrogens is 320 g/mol. The van der Waals surface area contributed by atoms with Gasteiger partial charge in [-0.05, 0) is 30.0 Å². The van der Waals surface area contributed by atoms with Crippen LogP contribution in [0.2, 0.25) is 0 Å². The molecule has 2 nitrogen and oxygen atoms in total. The van der Waals surface area contributed by atoms with Crippen LogP contribution in [-0.2, 0) is 21.5 Å². The summed E-state index contributed by atoms with van der Waals surface area (Å²) in [5.41, 5.74) is 4.23. The van der Waals surface area contributed by atoms with Crippen LogP contribution in [-0.4, -0.2) is 7.11 Å². The van der Waals surface area contributed by atoms with Gasteiger partial charge in [-0.3, -0.25) is 0 Å². The minimum Gasteiger partial charge on any atom is -0.461 e. The zero-order chi connectivity index (χ0) is 18.4. The molecule has 0 spiro atoms. The van der Waals surface area contributed by atoms with Crippen LogP contribution in [0.3, 0.4) is 0 Å². The molecule has 1 heterocycles. The maximum absolute atomic E-state index is 6.52. The molecule has 1 atom stereocenters. The number of methoxy groups -OCH3 is 1. The summed E-state index contributed by atoms with van der Waals surface area (Å²) in [5.74, 6) is 1.93. The first-order valence-corrected chi connectivity index (χ1v) is 9.29. The van der Waals surface area contributed by atoms with Gasteiger partial charge in [0.15, 0.2) is 0 Å². The first-order chi connectivity index (χ1) is 12.5. The summed E-state index contributed by atoms with van der Waals surface area (Å²) in [4.78, 5) is 0. The third-order valence-electron chi connectivity index (χ3n) is 5.44. The molecular formula is C24H26O2. The zero-order valence-corrected chi connectivity index (χ0v) is 16.0. The number of fused-ring (bicyclic) bond motifs is 2. The van der Waals surface area contributed by atoms with E-state index in [0.717, 1.165) is 29.9 Å². The van der Waals surface area contributed by atoms with Gasteiger partial charge >= 0.3 is 0 Å². The zero-order valence-electron chi connectivity index (χ0n) is 16.0. The smallest absolute Gasteiger partial charge is 0.139 e. The van der Waals surface area contributed by atoms with Crippen LogP contribution in [0.25, 0.3) is 5.76 Å². The fraction of sp³-hybridized carbons (Fsp3) is 0.333. The lowest BCUT2D eigenvalue weighted by Crippen LogP contribution is -2.36. The SMILES string of the molecule is COC1(c2ccccc2)C=C(C(C)(C)C)OC2=C1CCc1ccccc12. The van der Waals surface area contributed by atoms with Crippen molar-refractivity contribution in [3.8, 4) is 0 Å². The van der Waals surface area contributed by atoms with Crippen LogP contribution in [0.5, 0.6) is 0 Å². The van der Waals surface area contributed by atoms with Gasteiger partial charge in [0.25, 0.3) is 0 Å². The van der Waals surface area contributed by atoms with Crippen molar-refractivity contribution in [2.24, 2.45) is 5.41 Å². The molecule has 0 saturated carbocycles. The monoisotopic (exact) mass is 346 g/mol. The second-order valence-corrected chi connectivity index (χ2v) is 8.13. The molecule has 0 N–H and O–H groups in total. The molecule has 2 aliphatic rings. The van der Waals surface area contributed by atoms with Crippen LogP contribution in [0.4, 0.5) is 0 Å². The van der Waals surface area contributed by atoms with Crippen molar-refractivity contribution < 1.29 is 9.47 Å². The quantitative estimate of drug-likeness (QED) is 0.679. The average Bonchev–Trinajstić information content (AvgIpc) is 2.67. The standard InChI is InChI=1S/C24H26O2/c1-23(2,3)21-16-24(25-4,18-11-6-5-7-12-18)20-15-14-17-10-8-9-13-19(17)22(20)26-21/h5-13,16H,14-15H2,1-4H3. The molecule has 4 rings (SSSR count). The van der Waals surface area contributed by atoms with Crippen LogP contribution < -0.4 is 0 Å². The number of ether oxygens (including phenoxy) is 2. The van der Waals surface area contributed by atoms with Crippen molar-refractivity contribution in [2.45, 2.75) is 39.2 Å². The predicted molar refractivity (Wildman–Crippen MR) is 105 cm³/mol. The summed E-state index contributed by atoms with van der Waals surface area (Å²) in [7, 11) is 1.81. The van der Waals surface area contributed by atoms with Crippen molar-refractivity contribution in [2.75, 3.05) is 7.11 Å². The summed E-state index contributed by atoms with van der Waals surface area (Å²) in [5, 5.41) is 0. The fourth-order valence-corrected chi connectivity index (χ4v) is 3.99. The Labute approximate surface area is 156 Å². The van der Waals surface area contributed by atoms with Crippen molar-refractivity contribution in [1.82, 2.24) is 0 Å². The number of aryl methyl sites for hydroxylation is 1. The molecule has 1 aliphatic carbocycles. The van der Waals surface area contributed by atoms with E-state index < -0.39 is 5.60 Å². The molecule has 0 aromatic heterocycles. The molecule has 0 amide bonds. The molecule has 26 heavy (non-hydrogen) atoms. The van der Waals surface area contributed by atoms with Crippen LogP contribution in [0, 0.1) is 5.41 Å². The second kappa shape index (κ2) is 6.14. The van der Waals surface area contributed by atoms with Crippen molar-refractivity contribution in [3.05, 3.63) is 88.7 Å². The Bertz CT molecular complexity index is 884. The average molecular weight is 346 g/mol. The van der Waals surface area contributed by atoms with Gasteiger partial charge in [-0.1, -0.05) is 75.4 Å². The third kappa shape index (κ3) is 2.60. The molecule has 0 bridgehead atoms. The summed E-state index contributed by atoms with van der Waals surface area (Å²) in [6.45, 7) is 6.56. The lowest BCUT2D eigenvalue weighted by molar-refractivity contribution is 0.0441. The Hall–Kier alpha value is -2.32. The van der Waals surface area contributed by atoms with E-state index in [4.69, 9.17) is 9.47 Å². The molecule has 134 valence electrons. The largest absolute Gasteiger partial charge is 0.461 e. The molecule has 0 saturated heterocycles. The van der Waals surface area contributed by atoms with Crippen molar-refractivity contribution in [3.63, 3.8) is 0 Å².